The third kappa shape index (κ3) is 3.12. The molecule has 1 fully saturated rings. The van der Waals surface area contributed by atoms with Crippen LogP contribution >= 0.6 is 11.6 Å². The van der Waals surface area contributed by atoms with E-state index in [4.69, 9.17) is 11.6 Å². The number of halogens is 1. The quantitative estimate of drug-likeness (QED) is 0.909. The van der Waals surface area contributed by atoms with E-state index >= 15 is 0 Å². The molecule has 1 amide bonds. The van der Waals surface area contributed by atoms with Crippen LogP contribution in [0.2, 0.25) is 5.02 Å². The molecule has 1 saturated heterocycles. The molecule has 1 N–H and O–H groups in total. The van der Waals surface area contributed by atoms with E-state index in [0.29, 0.717) is 11.4 Å². The lowest BCUT2D eigenvalue weighted by Gasteiger charge is -2.42. The Morgan fingerprint density at radius 2 is 1.96 bits per heavy atom. The van der Waals surface area contributed by atoms with Crippen molar-refractivity contribution in [2.45, 2.75) is 19.0 Å². The standard InChI is InChI=1S/C19H20ClN3O/c20-15-6-7-18-17(10-15)21-19(24)11-16-13-22(8-9-23(16)18)12-14-4-2-1-3-5-14/h1-7,10,16H,8-9,11-13H2,(H,21,24)/t16-/m0/s1. The van der Waals surface area contributed by atoms with Gasteiger partial charge in [0.05, 0.1) is 17.4 Å². The van der Waals surface area contributed by atoms with E-state index in [9.17, 15) is 4.79 Å². The Bertz CT molecular complexity index is 750. The van der Waals surface area contributed by atoms with Crippen molar-refractivity contribution in [3.8, 4) is 0 Å². The Morgan fingerprint density at radius 1 is 1.12 bits per heavy atom. The molecule has 2 aromatic rings. The van der Waals surface area contributed by atoms with Crippen molar-refractivity contribution in [3.05, 3.63) is 59.1 Å². The smallest absolute Gasteiger partial charge is 0.226 e. The third-order valence-electron chi connectivity index (χ3n) is 4.78. The van der Waals surface area contributed by atoms with E-state index in [1.807, 2.05) is 24.3 Å². The third-order valence-corrected chi connectivity index (χ3v) is 5.01. The molecule has 0 spiro atoms. The summed E-state index contributed by atoms with van der Waals surface area (Å²) >= 11 is 6.09. The lowest BCUT2D eigenvalue weighted by atomic mass is 10.1. The molecular weight excluding hydrogens is 322 g/mol. The second-order valence-corrected chi connectivity index (χ2v) is 6.92. The Kier molecular flexibility index (Phi) is 4.17. The fourth-order valence-electron chi connectivity index (χ4n) is 3.67. The number of carbonyl (C=O) groups is 1. The molecule has 2 aliphatic heterocycles. The van der Waals surface area contributed by atoms with Gasteiger partial charge < -0.3 is 10.2 Å². The SMILES string of the molecule is O=C1C[C@H]2CN(Cc3ccccc3)CCN2c2ccc(Cl)cc2N1. The molecule has 4 nitrogen and oxygen atoms in total. The van der Waals surface area contributed by atoms with Crippen LogP contribution in [0.5, 0.6) is 0 Å². The summed E-state index contributed by atoms with van der Waals surface area (Å²) in [5.74, 6) is 0.0626. The minimum absolute atomic E-state index is 0.0626. The first-order valence-electron chi connectivity index (χ1n) is 8.31. The molecule has 124 valence electrons. The van der Waals surface area contributed by atoms with Gasteiger partial charge in [0.1, 0.15) is 0 Å². The van der Waals surface area contributed by atoms with Gasteiger partial charge in [0.25, 0.3) is 0 Å². The number of piperazine rings is 1. The number of nitrogens with one attached hydrogen (secondary N) is 1. The van der Waals surface area contributed by atoms with Crippen molar-refractivity contribution >= 4 is 28.9 Å². The summed E-state index contributed by atoms with van der Waals surface area (Å²) in [6, 6.07) is 16.5. The highest BCUT2D eigenvalue weighted by atomic mass is 35.5. The first kappa shape index (κ1) is 15.5. The molecule has 0 unspecified atom stereocenters. The van der Waals surface area contributed by atoms with Crippen molar-refractivity contribution in [1.82, 2.24) is 4.90 Å². The average molecular weight is 342 g/mol. The Morgan fingerprint density at radius 3 is 2.79 bits per heavy atom. The summed E-state index contributed by atoms with van der Waals surface area (Å²) < 4.78 is 0. The minimum atomic E-state index is 0.0626. The maximum Gasteiger partial charge on any atom is 0.226 e. The fraction of sp³-hybridized carbons (Fsp3) is 0.316. The molecule has 1 atom stereocenters. The first-order chi connectivity index (χ1) is 11.7. The van der Waals surface area contributed by atoms with E-state index in [1.54, 1.807) is 0 Å². The molecule has 2 aliphatic rings. The maximum absolute atomic E-state index is 12.3. The van der Waals surface area contributed by atoms with E-state index in [1.165, 1.54) is 5.56 Å². The molecule has 0 aliphatic carbocycles. The van der Waals surface area contributed by atoms with Crippen LogP contribution in [0.4, 0.5) is 11.4 Å². The van der Waals surface area contributed by atoms with Crippen molar-refractivity contribution in [2.75, 3.05) is 29.9 Å². The van der Waals surface area contributed by atoms with Gasteiger partial charge in [-0.3, -0.25) is 9.69 Å². The number of benzene rings is 2. The number of hydrogen-bond donors (Lipinski definition) is 1. The van der Waals surface area contributed by atoms with Gasteiger partial charge in [0.15, 0.2) is 0 Å². The van der Waals surface area contributed by atoms with Crippen molar-refractivity contribution < 1.29 is 4.79 Å². The van der Waals surface area contributed by atoms with Crippen LogP contribution in [-0.2, 0) is 11.3 Å². The largest absolute Gasteiger partial charge is 0.364 e. The number of anilines is 2. The molecule has 5 heteroatoms. The van der Waals surface area contributed by atoms with Gasteiger partial charge in [-0.15, -0.1) is 0 Å². The number of carbonyl (C=O) groups excluding carboxylic acids is 1. The van der Waals surface area contributed by atoms with Gasteiger partial charge in [-0.25, -0.2) is 0 Å². The van der Waals surface area contributed by atoms with Crippen molar-refractivity contribution in [1.29, 1.82) is 0 Å². The van der Waals surface area contributed by atoms with E-state index in [0.717, 1.165) is 37.6 Å². The van der Waals surface area contributed by atoms with Crippen LogP contribution in [0.25, 0.3) is 0 Å². The van der Waals surface area contributed by atoms with Gasteiger partial charge in [-0.1, -0.05) is 41.9 Å². The van der Waals surface area contributed by atoms with Crippen molar-refractivity contribution in [2.24, 2.45) is 0 Å². The van der Waals surface area contributed by atoms with Gasteiger partial charge in [0.2, 0.25) is 5.91 Å². The average Bonchev–Trinajstić information content (AvgIpc) is 2.70. The zero-order valence-corrected chi connectivity index (χ0v) is 14.2. The Balaban J connectivity index is 1.55. The van der Waals surface area contributed by atoms with Crippen LogP contribution in [0.15, 0.2) is 48.5 Å². The predicted molar refractivity (Wildman–Crippen MR) is 97.6 cm³/mol. The van der Waals surface area contributed by atoms with Gasteiger partial charge in [-0.2, -0.15) is 0 Å². The van der Waals surface area contributed by atoms with Crippen LogP contribution in [-0.4, -0.2) is 36.5 Å². The molecule has 24 heavy (non-hydrogen) atoms. The molecule has 0 bridgehead atoms. The molecule has 2 heterocycles. The zero-order valence-electron chi connectivity index (χ0n) is 13.4. The zero-order chi connectivity index (χ0) is 16.5. The van der Waals surface area contributed by atoms with Gasteiger partial charge in [0, 0.05) is 37.6 Å². The van der Waals surface area contributed by atoms with Crippen LogP contribution < -0.4 is 10.2 Å². The predicted octanol–water partition coefficient (Wildman–Crippen LogP) is 3.37. The highest BCUT2D eigenvalue weighted by molar-refractivity contribution is 6.31. The first-order valence-corrected chi connectivity index (χ1v) is 8.69. The minimum Gasteiger partial charge on any atom is -0.364 e. The summed E-state index contributed by atoms with van der Waals surface area (Å²) in [5.41, 5.74) is 3.22. The lowest BCUT2D eigenvalue weighted by Crippen LogP contribution is -2.53. The second kappa shape index (κ2) is 6.46. The van der Waals surface area contributed by atoms with Crippen LogP contribution in [0.3, 0.4) is 0 Å². The molecule has 0 radical (unpaired) electrons. The van der Waals surface area contributed by atoms with Crippen LogP contribution in [0.1, 0.15) is 12.0 Å². The summed E-state index contributed by atoms with van der Waals surface area (Å²) in [4.78, 5) is 17.1. The van der Waals surface area contributed by atoms with E-state index in [-0.39, 0.29) is 11.9 Å². The number of rotatable bonds is 2. The van der Waals surface area contributed by atoms with Crippen LogP contribution in [0, 0.1) is 0 Å². The number of amides is 1. The Hall–Kier alpha value is -2.04. The number of nitrogens with zero attached hydrogens (tertiary/aromatic N) is 2. The maximum atomic E-state index is 12.3. The second-order valence-electron chi connectivity index (χ2n) is 6.48. The van der Waals surface area contributed by atoms with Gasteiger partial charge >= 0.3 is 0 Å². The lowest BCUT2D eigenvalue weighted by molar-refractivity contribution is -0.116. The van der Waals surface area contributed by atoms with E-state index in [2.05, 4.69) is 39.4 Å². The molecule has 2 aromatic carbocycles. The highest BCUT2D eigenvalue weighted by Gasteiger charge is 2.32. The summed E-state index contributed by atoms with van der Waals surface area (Å²) in [6.45, 7) is 3.73. The highest BCUT2D eigenvalue weighted by Crippen LogP contribution is 2.35. The van der Waals surface area contributed by atoms with Gasteiger partial charge in [-0.05, 0) is 23.8 Å². The molecular formula is C19H20ClN3O. The number of fused-ring (bicyclic) bond motifs is 3. The normalized spacial score (nSPS) is 20.8. The number of hydrogen-bond acceptors (Lipinski definition) is 3. The topological polar surface area (TPSA) is 35.6 Å². The molecule has 0 saturated carbocycles. The van der Waals surface area contributed by atoms with Crippen molar-refractivity contribution in [3.63, 3.8) is 0 Å². The monoisotopic (exact) mass is 341 g/mol. The Labute approximate surface area is 147 Å². The molecule has 4 rings (SSSR count). The fourth-order valence-corrected chi connectivity index (χ4v) is 3.84. The summed E-state index contributed by atoms with van der Waals surface area (Å²) in [7, 11) is 0. The summed E-state index contributed by atoms with van der Waals surface area (Å²) in [5, 5.41) is 3.65. The summed E-state index contributed by atoms with van der Waals surface area (Å²) in [6.07, 6.45) is 0.511. The van der Waals surface area contributed by atoms with E-state index < -0.39 is 0 Å². The molecule has 0 aromatic heterocycles.